The molecule has 0 saturated heterocycles. The van der Waals surface area contributed by atoms with Crippen molar-refractivity contribution in [1.29, 1.82) is 0 Å². The molecule has 0 saturated carbocycles. The fourth-order valence-corrected chi connectivity index (χ4v) is 3.86. The highest BCUT2D eigenvalue weighted by Gasteiger charge is 2.11. The van der Waals surface area contributed by atoms with Crippen LogP contribution in [0.15, 0.2) is 35.7 Å². The van der Waals surface area contributed by atoms with Gasteiger partial charge in [-0.3, -0.25) is 4.79 Å². The molecule has 0 bridgehead atoms. The molecule has 3 aromatic rings. The van der Waals surface area contributed by atoms with Gasteiger partial charge in [0.25, 0.3) is 5.91 Å². The van der Waals surface area contributed by atoms with Crippen LogP contribution in [0.1, 0.15) is 9.67 Å². The summed E-state index contributed by atoms with van der Waals surface area (Å²) in [5.41, 5.74) is 6.76. The number of nitrogens with one attached hydrogen (secondary N) is 1. The Morgan fingerprint density at radius 1 is 1.21 bits per heavy atom. The van der Waals surface area contributed by atoms with E-state index in [9.17, 15) is 4.79 Å². The largest absolute Gasteiger partial charge is 0.398 e. The average Bonchev–Trinajstić information content (AvgIpc) is 2.94. The molecule has 1 amide bonds. The number of nitrogens with two attached hydrogens (primary N) is 1. The van der Waals surface area contributed by atoms with Gasteiger partial charge in [-0.05, 0) is 35.7 Å². The minimum absolute atomic E-state index is 0.130. The summed E-state index contributed by atoms with van der Waals surface area (Å²) in [5.74, 6) is -0.130. The number of thiophene rings is 2. The molecule has 3 N–H and O–H groups in total. The van der Waals surface area contributed by atoms with Crippen LogP contribution in [0.25, 0.3) is 9.40 Å². The molecular weight excluding hydrogens is 300 g/mol. The summed E-state index contributed by atoms with van der Waals surface area (Å²) < 4.78 is 2.26. The average molecular weight is 309 g/mol. The van der Waals surface area contributed by atoms with Crippen molar-refractivity contribution in [2.75, 3.05) is 11.1 Å². The van der Waals surface area contributed by atoms with E-state index >= 15 is 0 Å². The van der Waals surface area contributed by atoms with Crippen molar-refractivity contribution < 1.29 is 4.79 Å². The molecule has 0 atom stereocenters. The third kappa shape index (κ3) is 2.45. The number of rotatable bonds is 2. The zero-order chi connectivity index (χ0) is 13.4. The topological polar surface area (TPSA) is 55.1 Å². The number of fused-ring (bicyclic) bond motifs is 1. The summed E-state index contributed by atoms with van der Waals surface area (Å²) >= 11 is 9.03. The Morgan fingerprint density at radius 2 is 2.05 bits per heavy atom. The van der Waals surface area contributed by atoms with Gasteiger partial charge in [-0.25, -0.2) is 0 Å². The molecule has 0 spiro atoms. The monoisotopic (exact) mass is 308 g/mol. The van der Waals surface area contributed by atoms with Gasteiger partial charge in [-0.2, -0.15) is 0 Å². The van der Waals surface area contributed by atoms with E-state index in [0.717, 1.165) is 9.40 Å². The molecule has 0 unspecified atom stereocenters. The van der Waals surface area contributed by atoms with Gasteiger partial charge < -0.3 is 11.1 Å². The first-order valence-electron chi connectivity index (χ1n) is 5.47. The molecule has 2 aromatic heterocycles. The molecule has 1 aromatic carbocycles. The second-order valence-corrected chi connectivity index (χ2v) is 6.39. The lowest BCUT2D eigenvalue weighted by Gasteiger charge is -2.05. The summed E-state index contributed by atoms with van der Waals surface area (Å²) in [7, 11) is 0. The van der Waals surface area contributed by atoms with Crippen LogP contribution in [0.2, 0.25) is 5.02 Å². The number of halogens is 1. The second-order valence-electron chi connectivity index (χ2n) is 3.95. The van der Waals surface area contributed by atoms with Gasteiger partial charge in [0, 0.05) is 15.1 Å². The molecule has 19 heavy (non-hydrogen) atoms. The molecule has 2 heterocycles. The molecule has 0 aliphatic heterocycles. The highest BCUT2D eigenvalue weighted by atomic mass is 35.5. The van der Waals surface area contributed by atoms with Crippen LogP contribution in [0, 0.1) is 0 Å². The number of benzene rings is 1. The zero-order valence-electron chi connectivity index (χ0n) is 9.64. The van der Waals surface area contributed by atoms with Gasteiger partial charge in [-0.15, -0.1) is 22.7 Å². The lowest BCUT2D eigenvalue weighted by molar-refractivity contribution is 0.103. The molecule has 0 aliphatic carbocycles. The Kier molecular flexibility index (Phi) is 3.18. The molecule has 0 radical (unpaired) electrons. The Morgan fingerprint density at radius 3 is 2.79 bits per heavy atom. The lowest BCUT2D eigenvalue weighted by atomic mass is 10.3. The van der Waals surface area contributed by atoms with Crippen LogP contribution in [0.4, 0.5) is 11.4 Å². The van der Waals surface area contributed by atoms with Crippen LogP contribution in [0.5, 0.6) is 0 Å². The summed E-state index contributed by atoms with van der Waals surface area (Å²) in [6, 6.07) is 8.96. The number of hydrogen-bond donors (Lipinski definition) is 2. The first-order chi connectivity index (χ1) is 9.13. The van der Waals surface area contributed by atoms with Crippen molar-refractivity contribution in [3.63, 3.8) is 0 Å². The Labute approximate surface area is 122 Å². The van der Waals surface area contributed by atoms with E-state index in [1.165, 1.54) is 11.3 Å². The minimum atomic E-state index is -0.130. The number of carbonyl (C=O) groups excluding carboxylic acids is 1. The maximum absolute atomic E-state index is 12.1. The highest BCUT2D eigenvalue weighted by Crippen LogP contribution is 2.30. The minimum Gasteiger partial charge on any atom is -0.398 e. The Hall–Kier alpha value is -1.56. The van der Waals surface area contributed by atoms with E-state index < -0.39 is 0 Å². The van der Waals surface area contributed by atoms with Crippen molar-refractivity contribution in [1.82, 2.24) is 0 Å². The Balaban J connectivity index is 1.84. The quantitative estimate of drug-likeness (QED) is 0.687. The van der Waals surface area contributed by atoms with Gasteiger partial charge >= 0.3 is 0 Å². The van der Waals surface area contributed by atoms with E-state index in [-0.39, 0.29) is 5.91 Å². The van der Waals surface area contributed by atoms with Crippen LogP contribution in [-0.2, 0) is 0 Å². The highest BCUT2D eigenvalue weighted by molar-refractivity contribution is 7.27. The number of hydrogen-bond acceptors (Lipinski definition) is 4. The first-order valence-corrected chi connectivity index (χ1v) is 7.54. The fourth-order valence-electron chi connectivity index (χ4n) is 1.68. The van der Waals surface area contributed by atoms with E-state index in [1.54, 1.807) is 29.5 Å². The molecule has 96 valence electrons. The number of amides is 1. The van der Waals surface area contributed by atoms with Crippen LogP contribution in [0.3, 0.4) is 0 Å². The summed E-state index contributed by atoms with van der Waals surface area (Å²) in [6.07, 6.45) is 0. The molecule has 6 heteroatoms. The fraction of sp³-hybridized carbons (Fsp3) is 0. The summed E-state index contributed by atoms with van der Waals surface area (Å²) in [6.45, 7) is 0. The van der Waals surface area contributed by atoms with Crippen molar-refractivity contribution in [2.45, 2.75) is 0 Å². The predicted molar refractivity (Wildman–Crippen MR) is 83.5 cm³/mol. The summed E-state index contributed by atoms with van der Waals surface area (Å²) in [5, 5.41) is 5.26. The maximum Gasteiger partial charge on any atom is 0.265 e. The smallest absolute Gasteiger partial charge is 0.265 e. The van der Waals surface area contributed by atoms with Crippen molar-refractivity contribution in [3.05, 3.63) is 45.6 Å². The van der Waals surface area contributed by atoms with Gasteiger partial charge in [0.05, 0.1) is 15.6 Å². The van der Waals surface area contributed by atoms with Gasteiger partial charge in [0.15, 0.2) is 0 Å². The van der Waals surface area contributed by atoms with Crippen LogP contribution >= 0.6 is 34.3 Å². The predicted octanol–water partition coefficient (Wildman–Crippen LogP) is 4.45. The van der Waals surface area contributed by atoms with E-state index in [1.807, 2.05) is 17.5 Å². The first kappa shape index (κ1) is 12.5. The number of carbonyl (C=O) groups is 1. The lowest BCUT2D eigenvalue weighted by Crippen LogP contribution is -2.10. The van der Waals surface area contributed by atoms with Crippen molar-refractivity contribution in [2.24, 2.45) is 0 Å². The standard InChI is InChI=1S/C13H9ClN2OS2/c14-8-5-7(1-2-9(8)15)16-13(17)12-6-11-10(19-12)3-4-18-11/h1-6H,15H2,(H,16,17). The zero-order valence-corrected chi connectivity index (χ0v) is 12.0. The SMILES string of the molecule is Nc1ccc(NC(=O)c2cc3sccc3s2)cc1Cl. The van der Waals surface area contributed by atoms with Crippen molar-refractivity contribution in [3.8, 4) is 0 Å². The van der Waals surface area contributed by atoms with E-state index in [4.69, 9.17) is 17.3 Å². The van der Waals surface area contributed by atoms with Gasteiger partial charge in [0.2, 0.25) is 0 Å². The molecule has 3 rings (SSSR count). The third-order valence-electron chi connectivity index (χ3n) is 2.62. The second kappa shape index (κ2) is 4.85. The molecular formula is C13H9ClN2OS2. The van der Waals surface area contributed by atoms with Crippen LogP contribution < -0.4 is 11.1 Å². The number of nitrogen functional groups attached to an aromatic ring is 1. The number of anilines is 2. The van der Waals surface area contributed by atoms with Gasteiger partial charge in [-0.1, -0.05) is 11.6 Å². The molecule has 0 fully saturated rings. The van der Waals surface area contributed by atoms with Crippen molar-refractivity contribution >= 4 is 61.0 Å². The summed E-state index contributed by atoms with van der Waals surface area (Å²) in [4.78, 5) is 12.8. The normalized spacial score (nSPS) is 10.8. The van der Waals surface area contributed by atoms with E-state index in [2.05, 4.69) is 5.32 Å². The van der Waals surface area contributed by atoms with Crippen LogP contribution in [-0.4, -0.2) is 5.91 Å². The van der Waals surface area contributed by atoms with Gasteiger partial charge in [0.1, 0.15) is 0 Å². The Bertz CT molecular complexity index is 734. The van der Waals surface area contributed by atoms with E-state index in [0.29, 0.717) is 21.3 Å². The third-order valence-corrected chi connectivity index (χ3v) is 5.04. The molecule has 0 aliphatic rings. The maximum atomic E-state index is 12.1. The molecule has 3 nitrogen and oxygen atoms in total.